The standard InChI is InChI=1S/C16H12Cl3F3N2O3S/c1-28(26,27)24(9-5-6-11(17)10(7-9)16(20,21)22)8-14(25)23-13-4-2-3-12(18)15(13)19/h2-7H,8H2,1H3,(H,23,25). The topological polar surface area (TPSA) is 66.5 Å². The van der Waals surface area contributed by atoms with Crippen LogP contribution in [-0.4, -0.2) is 27.1 Å². The van der Waals surface area contributed by atoms with Gasteiger partial charge in [0.1, 0.15) is 6.54 Å². The van der Waals surface area contributed by atoms with Crippen LogP contribution >= 0.6 is 34.8 Å². The first-order valence-electron chi connectivity index (χ1n) is 7.39. The number of hydrogen-bond donors (Lipinski definition) is 1. The van der Waals surface area contributed by atoms with Crippen molar-refractivity contribution >= 4 is 62.1 Å². The van der Waals surface area contributed by atoms with Gasteiger partial charge in [-0.2, -0.15) is 13.2 Å². The van der Waals surface area contributed by atoms with Crippen molar-refractivity contribution in [1.29, 1.82) is 0 Å². The molecule has 28 heavy (non-hydrogen) atoms. The number of nitrogens with one attached hydrogen (secondary N) is 1. The zero-order valence-electron chi connectivity index (χ0n) is 14.0. The Morgan fingerprint density at radius 2 is 1.75 bits per heavy atom. The number of carbonyl (C=O) groups excluding carboxylic acids is 1. The van der Waals surface area contributed by atoms with Crippen LogP contribution in [0.2, 0.25) is 15.1 Å². The third kappa shape index (κ3) is 5.44. The molecule has 0 aliphatic rings. The fourth-order valence-corrected chi connectivity index (χ4v) is 3.63. The zero-order chi connectivity index (χ0) is 21.3. The van der Waals surface area contributed by atoms with E-state index in [0.717, 1.165) is 18.4 Å². The minimum absolute atomic E-state index is 0.0364. The normalized spacial score (nSPS) is 12.0. The molecule has 0 heterocycles. The van der Waals surface area contributed by atoms with Crippen LogP contribution in [0.25, 0.3) is 0 Å². The summed E-state index contributed by atoms with van der Waals surface area (Å²) < 4.78 is 63.8. The number of rotatable bonds is 5. The molecule has 0 spiro atoms. The number of alkyl halides is 3. The Balaban J connectivity index is 2.36. The van der Waals surface area contributed by atoms with Crippen LogP contribution in [0.3, 0.4) is 0 Å². The van der Waals surface area contributed by atoms with E-state index in [4.69, 9.17) is 34.8 Å². The largest absolute Gasteiger partial charge is 0.417 e. The third-order valence-corrected chi connectivity index (χ3v) is 5.75. The molecule has 1 N–H and O–H groups in total. The number of sulfonamides is 1. The molecule has 0 radical (unpaired) electrons. The van der Waals surface area contributed by atoms with Gasteiger partial charge in [-0.25, -0.2) is 8.42 Å². The predicted molar refractivity (Wildman–Crippen MR) is 104 cm³/mol. The number of carbonyl (C=O) groups is 1. The number of benzene rings is 2. The average molecular weight is 476 g/mol. The lowest BCUT2D eigenvalue weighted by atomic mass is 10.2. The molecule has 0 atom stereocenters. The highest BCUT2D eigenvalue weighted by atomic mass is 35.5. The Kier molecular flexibility index (Phi) is 6.75. The summed E-state index contributed by atoms with van der Waals surface area (Å²) in [4.78, 5) is 12.3. The Morgan fingerprint density at radius 1 is 1.11 bits per heavy atom. The van der Waals surface area contributed by atoms with E-state index in [1.54, 1.807) is 0 Å². The molecular formula is C16H12Cl3F3N2O3S. The summed E-state index contributed by atoms with van der Waals surface area (Å²) in [6.07, 6.45) is -4.04. The van der Waals surface area contributed by atoms with Gasteiger partial charge >= 0.3 is 6.18 Å². The van der Waals surface area contributed by atoms with Crippen molar-refractivity contribution in [3.8, 4) is 0 Å². The van der Waals surface area contributed by atoms with Crippen molar-refractivity contribution in [2.24, 2.45) is 0 Å². The zero-order valence-corrected chi connectivity index (χ0v) is 17.1. The van der Waals surface area contributed by atoms with E-state index in [0.29, 0.717) is 10.4 Å². The van der Waals surface area contributed by atoms with E-state index >= 15 is 0 Å². The van der Waals surface area contributed by atoms with Crippen LogP contribution in [0.5, 0.6) is 0 Å². The first-order chi connectivity index (χ1) is 12.8. The van der Waals surface area contributed by atoms with E-state index < -0.39 is 39.2 Å². The minimum Gasteiger partial charge on any atom is -0.323 e. The summed E-state index contributed by atoms with van der Waals surface area (Å²) >= 11 is 17.3. The van der Waals surface area contributed by atoms with E-state index in [1.165, 1.54) is 18.2 Å². The fraction of sp³-hybridized carbons (Fsp3) is 0.188. The second-order valence-electron chi connectivity index (χ2n) is 5.58. The van der Waals surface area contributed by atoms with Gasteiger partial charge in [-0.3, -0.25) is 9.10 Å². The first-order valence-corrected chi connectivity index (χ1v) is 10.4. The van der Waals surface area contributed by atoms with Gasteiger partial charge in [-0.15, -0.1) is 0 Å². The number of amides is 1. The smallest absolute Gasteiger partial charge is 0.323 e. The van der Waals surface area contributed by atoms with Crippen molar-refractivity contribution in [2.75, 3.05) is 22.4 Å². The molecule has 0 bridgehead atoms. The number of halogens is 6. The predicted octanol–water partition coefficient (Wildman–Crippen LogP) is 5.07. The molecule has 0 saturated heterocycles. The van der Waals surface area contributed by atoms with Crippen molar-refractivity contribution in [3.63, 3.8) is 0 Å². The molecule has 2 aromatic rings. The van der Waals surface area contributed by atoms with Crippen LogP contribution in [-0.2, 0) is 21.0 Å². The van der Waals surface area contributed by atoms with E-state index in [2.05, 4.69) is 5.32 Å². The summed E-state index contributed by atoms with van der Waals surface area (Å²) in [5.74, 6) is -0.835. The monoisotopic (exact) mass is 474 g/mol. The van der Waals surface area contributed by atoms with Gasteiger partial charge in [0.2, 0.25) is 15.9 Å². The highest BCUT2D eigenvalue weighted by molar-refractivity contribution is 7.92. The SMILES string of the molecule is CS(=O)(=O)N(CC(=O)Nc1cccc(Cl)c1Cl)c1ccc(Cl)c(C(F)(F)F)c1. The van der Waals surface area contributed by atoms with Gasteiger partial charge in [0.05, 0.1) is 38.3 Å². The maximum absolute atomic E-state index is 13.1. The Labute approximate surface area is 174 Å². The second-order valence-corrected chi connectivity index (χ2v) is 8.68. The summed E-state index contributed by atoms with van der Waals surface area (Å²) in [5, 5.41) is 1.97. The Bertz CT molecular complexity index is 1010. The first kappa shape index (κ1) is 22.6. The maximum Gasteiger partial charge on any atom is 0.417 e. The van der Waals surface area contributed by atoms with Gasteiger partial charge in [0, 0.05) is 0 Å². The fourth-order valence-electron chi connectivity index (χ4n) is 2.21. The molecular weight excluding hydrogens is 464 g/mol. The molecule has 0 aliphatic carbocycles. The Hall–Kier alpha value is -1.68. The molecule has 12 heteroatoms. The summed E-state index contributed by atoms with van der Waals surface area (Å²) in [5.41, 5.74) is -1.47. The number of nitrogens with zero attached hydrogens (tertiary/aromatic N) is 1. The summed E-state index contributed by atoms with van der Waals surface area (Å²) in [6, 6.07) is 6.95. The van der Waals surface area contributed by atoms with Gasteiger partial charge in [-0.05, 0) is 30.3 Å². The lowest BCUT2D eigenvalue weighted by molar-refractivity contribution is -0.137. The molecule has 0 unspecified atom stereocenters. The van der Waals surface area contributed by atoms with Crippen LogP contribution < -0.4 is 9.62 Å². The highest BCUT2D eigenvalue weighted by Gasteiger charge is 2.34. The molecule has 0 aliphatic heterocycles. The lowest BCUT2D eigenvalue weighted by Crippen LogP contribution is -2.37. The van der Waals surface area contributed by atoms with Crippen molar-refractivity contribution < 1.29 is 26.4 Å². The lowest BCUT2D eigenvalue weighted by Gasteiger charge is -2.23. The van der Waals surface area contributed by atoms with Crippen LogP contribution in [0.15, 0.2) is 36.4 Å². The van der Waals surface area contributed by atoms with E-state index in [9.17, 15) is 26.4 Å². The van der Waals surface area contributed by atoms with E-state index in [-0.39, 0.29) is 21.4 Å². The van der Waals surface area contributed by atoms with Crippen LogP contribution in [0, 0.1) is 0 Å². The molecule has 0 saturated carbocycles. The van der Waals surface area contributed by atoms with Crippen molar-refractivity contribution in [3.05, 3.63) is 57.0 Å². The minimum atomic E-state index is -4.80. The van der Waals surface area contributed by atoms with Gasteiger partial charge in [-0.1, -0.05) is 40.9 Å². The van der Waals surface area contributed by atoms with Crippen LogP contribution in [0.4, 0.5) is 24.5 Å². The molecule has 0 fully saturated rings. The second kappa shape index (κ2) is 8.36. The van der Waals surface area contributed by atoms with Crippen molar-refractivity contribution in [1.82, 2.24) is 0 Å². The molecule has 2 aromatic carbocycles. The summed E-state index contributed by atoms with van der Waals surface area (Å²) in [6.45, 7) is -0.791. The molecule has 0 aromatic heterocycles. The Morgan fingerprint density at radius 3 is 2.32 bits per heavy atom. The van der Waals surface area contributed by atoms with Crippen molar-refractivity contribution in [2.45, 2.75) is 6.18 Å². The molecule has 5 nitrogen and oxygen atoms in total. The molecule has 152 valence electrons. The number of anilines is 2. The number of hydrogen-bond acceptors (Lipinski definition) is 3. The van der Waals surface area contributed by atoms with Gasteiger partial charge in [0.25, 0.3) is 0 Å². The highest BCUT2D eigenvalue weighted by Crippen LogP contribution is 2.37. The maximum atomic E-state index is 13.1. The molecule has 2 rings (SSSR count). The summed E-state index contributed by atoms with van der Waals surface area (Å²) in [7, 11) is -4.10. The van der Waals surface area contributed by atoms with Gasteiger partial charge in [0.15, 0.2) is 0 Å². The average Bonchev–Trinajstić information content (AvgIpc) is 2.55. The third-order valence-electron chi connectivity index (χ3n) is 3.46. The molecule has 1 amide bonds. The quantitative estimate of drug-likeness (QED) is 0.656. The van der Waals surface area contributed by atoms with Crippen LogP contribution in [0.1, 0.15) is 5.56 Å². The van der Waals surface area contributed by atoms with Gasteiger partial charge < -0.3 is 5.32 Å². The van der Waals surface area contributed by atoms with E-state index in [1.807, 2.05) is 0 Å².